The van der Waals surface area contributed by atoms with Crippen LogP contribution in [-0.4, -0.2) is 42.4 Å². The fraction of sp³-hybridized carbons (Fsp3) is 0.438. The SMILES string of the molecule is NS(=O)(=O)NCC1CCCC(Nc2nonc2C(=Nc2ccc(F)c(Br)c2)NO)C1. The highest BCUT2D eigenvalue weighted by molar-refractivity contribution is 9.10. The lowest BCUT2D eigenvalue weighted by atomic mass is 9.86. The smallest absolute Gasteiger partial charge is 0.274 e. The molecule has 0 spiro atoms. The molecule has 14 heteroatoms. The maximum Gasteiger partial charge on any atom is 0.274 e. The summed E-state index contributed by atoms with van der Waals surface area (Å²) in [6.45, 7) is 0.255. The van der Waals surface area contributed by atoms with Gasteiger partial charge in [-0.1, -0.05) is 6.42 Å². The van der Waals surface area contributed by atoms with Crippen LogP contribution in [-0.2, 0) is 10.2 Å². The number of nitrogens with one attached hydrogen (secondary N) is 3. The molecule has 2 unspecified atom stereocenters. The molecule has 1 fully saturated rings. The van der Waals surface area contributed by atoms with Crippen molar-refractivity contribution in [2.75, 3.05) is 11.9 Å². The minimum atomic E-state index is -3.73. The van der Waals surface area contributed by atoms with E-state index in [2.05, 4.69) is 41.3 Å². The molecule has 30 heavy (non-hydrogen) atoms. The van der Waals surface area contributed by atoms with Gasteiger partial charge in [0.2, 0.25) is 5.82 Å². The summed E-state index contributed by atoms with van der Waals surface area (Å²) in [6.07, 6.45) is 3.27. The molecule has 0 aliphatic heterocycles. The lowest BCUT2D eigenvalue weighted by molar-refractivity contribution is 0.234. The van der Waals surface area contributed by atoms with Crippen LogP contribution in [0.4, 0.5) is 15.9 Å². The Morgan fingerprint density at radius 1 is 1.40 bits per heavy atom. The van der Waals surface area contributed by atoms with E-state index in [0.717, 1.165) is 19.3 Å². The molecular weight excluding hydrogens is 485 g/mol. The van der Waals surface area contributed by atoms with Gasteiger partial charge in [0.15, 0.2) is 11.5 Å². The average Bonchev–Trinajstić information content (AvgIpc) is 3.15. The number of rotatable bonds is 7. The molecule has 3 rings (SSSR count). The summed E-state index contributed by atoms with van der Waals surface area (Å²) < 4.78 is 43.0. The number of aliphatic imine (C=N–C) groups is 1. The monoisotopic (exact) mass is 505 g/mol. The third kappa shape index (κ3) is 6.18. The van der Waals surface area contributed by atoms with E-state index in [1.165, 1.54) is 18.2 Å². The Balaban J connectivity index is 1.72. The van der Waals surface area contributed by atoms with E-state index in [9.17, 15) is 18.0 Å². The first kappa shape index (κ1) is 22.6. The molecular formula is C16H21BrFN7O4S. The predicted octanol–water partition coefficient (Wildman–Crippen LogP) is 1.79. The molecule has 164 valence electrons. The van der Waals surface area contributed by atoms with Gasteiger partial charge in [-0.3, -0.25) is 10.7 Å². The second-order valence-corrected chi connectivity index (χ2v) is 9.13. The van der Waals surface area contributed by atoms with Crippen LogP contribution < -0.4 is 20.7 Å². The van der Waals surface area contributed by atoms with Gasteiger partial charge in [-0.05, 0) is 69.6 Å². The van der Waals surface area contributed by atoms with E-state index >= 15 is 0 Å². The first-order valence-corrected chi connectivity index (χ1v) is 11.4. The zero-order valence-corrected chi connectivity index (χ0v) is 18.1. The van der Waals surface area contributed by atoms with E-state index in [4.69, 9.17) is 9.77 Å². The Morgan fingerprint density at radius 2 is 2.20 bits per heavy atom. The van der Waals surface area contributed by atoms with Crippen LogP contribution in [0.5, 0.6) is 0 Å². The van der Waals surface area contributed by atoms with Crippen LogP contribution in [0.25, 0.3) is 0 Å². The number of amidine groups is 1. The van der Waals surface area contributed by atoms with Crippen molar-refractivity contribution in [3.8, 4) is 0 Å². The maximum absolute atomic E-state index is 13.4. The fourth-order valence-electron chi connectivity index (χ4n) is 3.29. The van der Waals surface area contributed by atoms with Crippen molar-refractivity contribution in [2.24, 2.45) is 16.0 Å². The second-order valence-electron chi connectivity index (χ2n) is 6.90. The number of hydrogen-bond donors (Lipinski definition) is 5. The minimum Gasteiger partial charge on any atom is -0.362 e. The van der Waals surface area contributed by atoms with Crippen LogP contribution in [0.2, 0.25) is 0 Å². The predicted molar refractivity (Wildman–Crippen MR) is 110 cm³/mol. The molecule has 1 aromatic heterocycles. The third-order valence-corrected chi connectivity index (χ3v) is 5.84. The standard InChI is InChI=1S/C16H21BrFN7O4S/c17-12-7-11(4-5-13(12)18)21-15(23-26)14-16(25-29-24-14)22-10-3-1-2-9(6-10)8-20-30(19,27)28/h4-5,7,9-10,20,26H,1-3,6,8H2,(H,21,23)(H,22,25)(H2,19,27,28). The number of halogens is 2. The number of anilines is 1. The van der Waals surface area contributed by atoms with Gasteiger partial charge in [-0.15, -0.1) is 0 Å². The molecule has 0 radical (unpaired) electrons. The van der Waals surface area contributed by atoms with E-state index in [0.29, 0.717) is 12.1 Å². The number of nitrogens with zero attached hydrogens (tertiary/aromatic N) is 3. The second kappa shape index (κ2) is 9.78. The fourth-order valence-corrected chi connectivity index (χ4v) is 4.12. The summed E-state index contributed by atoms with van der Waals surface area (Å²) in [4.78, 5) is 4.21. The molecule has 0 bridgehead atoms. The number of benzene rings is 1. The van der Waals surface area contributed by atoms with E-state index in [1.807, 2.05) is 5.48 Å². The summed E-state index contributed by atoms with van der Waals surface area (Å²) in [5.41, 5.74) is 2.46. The lowest BCUT2D eigenvalue weighted by Crippen LogP contribution is -2.38. The molecule has 0 amide bonds. The minimum absolute atomic E-state index is 0.0170. The Hall–Kier alpha value is -2.13. The number of aromatic nitrogens is 2. The van der Waals surface area contributed by atoms with Crippen LogP contribution >= 0.6 is 15.9 Å². The van der Waals surface area contributed by atoms with Crippen molar-refractivity contribution in [3.63, 3.8) is 0 Å². The molecule has 6 N–H and O–H groups in total. The number of hydroxylamine groups is 1. The Labute approximate surface area is 180 Å². The van der Waals surface area contributed by atoms with Gasteiger partial charge in [-0.2, -0.15) is 8.42 Å². The van der Waals surface area contributed by atoms with Crippen LogP contribution in [0.15, 0.2) is 32.3 Å². The third-order valence-electron chi connectivity index (χ3n) is 4.66. The molecule has 2 atom stereocenters. The Morgan fingerprint density at radius 3 is 2.90 bits per heavy atom. The molecule has 2 aromatic rings. The quantitative estimate of drug-likeness (QED) is 0.215. The largest absolute Gasteiger partial charge is 0.362 e. The zero-order chi connectivity index (χ0) is 21.7. The first-order chi connectivity index (χ1) is 14.2. The van der Waals surface area contributed by atoms with Crippen molar-refractivity contribution in [2.45, 2.75) is 31.7 Å². The van der Waals surface area contributed by atoms with Crippen molar-refractivity contribution >= 4 is 43.5 Å². The summed E-state index contributed by atoms with van der Waals surface area (Å²) in [6, 6.07) is 4.09. The van der Waals surface area contributed by atoms with Crippen molar-refractivity contribution in [3.05, 3.63) is 34.2 Å². The molecule has 1 aliphatic carbocycles. The van der Waals surface area contributed by atoms with E-state index in [1.54, 1.807) is 0 Å². The maximum atomic E-state index is 13.4. The highest BCUT2D eigenvalue weighted by Crippen LogP contribution is 2.27. The Bertz CT molecular complexity index is 1020. The molecule has 1 saturated carbocycles. The van der Waals surface area contributed by atoms with Gasteiger partial charge < -0.3 is 5.32 Å². The van der Waals surface area contributed by atoms with Crippen LogP contribution in [0, 0.1) is 11.7 Å². The Kier molecular flexibility index (Phi) is 7.36. The van der Waals surface area contributed by atoms with E-state index in [-0.39, 0.29) is 40.3 Å². The topological polar surface area (TPSA) is 168 Å². The van der Waals surface area contributed by atoms with Crippen molar-refractivity contribution in [1.29, 1.82) is 0 Å². The summed E-state index contributed by atoms with van der Waals surface area (Å²) in [5.74, 6) is -0.109. The molecule has 0 saturated heterocycles. The first-order valence-electron chi connectivity index (χ1n) is 9.06. The van der Waals surface area contributed by atoms with E-state index < -0.39 is 16.0 Å². The summed E-state index contributed by atoms with van der Waals surface area (Å²) >= 11 is 3.08. The summed E-state index contributed by atoms with van der Waals surface area (Å²) in [5, 5.41) is 25.3. The molecule has 1 aromatic carbocycles. The van der Waals surface area contributed by atoms with Crippen LogP contribution in [0.1, 0.15) is 31.4 Å². The summed E-state index contributed by atoms with van der Waals surface area (Å²) in [7, 11) is -3.73. The molecule has 1 heterocycles. The average molecular weight is 506 g/mol. The highest BCUT2D eigenvalue weighted by Gasteiger charge is 2.26. The normalized spacial score (nSPS) is 20.2. The van der Waals surface area contributed by atoms with Crippen molar-refractivity contribution < 1.29 is 22.6 Å². The van der Waals surface area contributed by atoms with Crippen molar-refractivity contribution in [1.82, 2.24) is 20.5 Å². The highest BCUT2D eigenvalue weighted by atomic mass is 79.9. The van der Waals surface area contributed by atoms with Crippen LogP contribution in [0.3, 0.4) is 0 Å². The molecule has 11 nitrogen and oxygen atoms in total. The van der Waals surface area contributed by atoms with Gasteiger partial charge in [0.25, 0.3) is 10.2 Å². The molecule has 1 aliphatic rings. The van der Waals surface area contributed by atoms with Gasteiger partial charge >= 0.3 is 0 Å². The van der Waals surface area contributed by atoms with Gasteiger partial charge in [-0.25, -0.2) is 23.9 Å². The number of nitrogens with two attached hydrogens (primary N) is 1. The zero-order valence-electron chi connectivity index (χ0n) is 15.7. The van der Waals surface area contributed by atoms with Gasteiger partial charge in [0.05, 0.1) is 10.2 Å². The lowest BCUT2D eigenvalue weighted by Gasteiger charge is -2.29. The number of hydrogen-bond acceptors (Lipinski definition) is 8. The van der Waals surface area contributed by atoms with Gasteiger partial charge in [0, 0.05) is 12.6 Å². The van der Waals surface area contributed by atoms with Gasteiger partial charge in [0.1, 0.15) is 5.82 Å².